The second-order valence-corrected chi connectivity index (χ2v) is 4.08. The third-order valence-corrected chi connectivity index (χ3v) is 2.77. The molecule has 1 aromatic heterocycles. The van der Waals surface area contributed by atoms with Gasteiger partial charge in [0.1, 0.15) is 5.82 Å². The van der Waals surface area contributed by atoms with Crippen molar-refractivity contribution in [1.82, 2.24) is 9.88 Å². The second-order valence-electron chi connectivity index (χ2n) is 4.08. The van der Waals surface area contributed by atoms with Gasteiger partial charge in [-0.05, 0) is 18.6 Å². The molecule has 6 heteroatoms. The summed E-state index contributed by atoms with van der Waals surface area (Å²) in [5.41, 5.74) is 1.33. The number of rotatable bonds is 7. The highest BCUT2D eigenvalue weighted by Gasteiger charge is 2.16. The zero-order valence-electron chi connectivity index (χ0n) is 11.4. The summed E-state index contributed by atoms with van der Waals surface area (Å²) in [5.74, 6) is 0.423. The highest BCUT2D eigenvalue weighted by Crippen LogP contribution is 2.13. The summed E-state index contributed by atoms with van der Waals surface area (Å²) in [6.45, 7) is 2.12. The average molecular weight is 267 g/mol. The maximum atomic E-state index is 12.3. The number of aliphatic hydroxyl groups is 2. The summed E-state index contributed by atoms with van der Waals surface area (Å²) in [6.07, 6.45) is 0.732. The van der Waals surface area contributed by atoms with Crippen molar-refractivity contribution >= 4 is 11.7 Å². The lowest BCUT2D eigenvalue weighted by Gasteiger charge is -2.21. The molecule has 0 aliphatic heterocycles. The molecular formula is C13H21N3O3. The van der Waals surface area contributed by atoms with Gasteiger partial charge in [0.15, 0.2) is 0 Å². The van der Waals surface area contributed by atoms with E-state index >= 15 is 0 Å². The molecule has 3 N–H and O–H groups in total. The Hall–Kier alpha value is -1.66. The second kappa shape index (κ2) is 7.70. The van der Waals surface area contributed by atoms with Gasteiger partial charge in [-0.15, -0.1) is 0 Å². The number of hydrogen-bond donors (Lipinski definition) is 3. The Balaban J connectivity index is 3.01. The van der Waals surface area contributed by atoms with Gasteiger partial charge >= 0.3 is 0 Å². The molecule has 0 aliphatic rings. The van der Waals surface area contributed by atoms with Gasteiger partial charge in [-0.1, -0.05) is 6.92 Å². The van der Waals surface area contributed by atoms with E-state index in [0.717, 1.165) is 12.1 Å². The highest BCUT2D eigenvalue weighted by atomic mass is 16.3. The molecule has 0 aromatic carbocycles. The van der Waals surface area contributed by atoms with Crippen molar-refractivity contribution in [3.63, 3.8) is 0 Å². The van der Waals surface area contributed by atoms with Crippen LogP contribution in [-0.2, 0) is 6.42 Å². The topological polar surface area (TPSA) is 85.7 Å². The lowest BCUT2D eigenvalue weighted by atomic mass is 10.1. The number of aromatic nitrogens is 1. The van der Waals surface area contributed by atoms with Crippen molar-refractivity contribution in [1.29, 1.82) is 0 Å². The first-order chi connectivity index (χ1) is 9.15. The van der Waals surface area contributed by atoms with Crippen molar-refractivity contribution in [3.8, 4) is 0 Å². The summed E-state index contributed by atoms with van der Waals surface area (Å²) in [5, 5.41) is 20.8. The van der Waals surface area contributed by atoms with Crippen LogP contribution in [-0.4, -0.2) is 59.4 Å². The SMILES string of the molecule is CCc1cc(C(=O)N(CCO)CCO)cc(NC)n1. The Morgan fingerprint density at radius 1 is 1.32 bits per heavy atom. The van der Waals surface area contributed by atoms with E-state index in [9.17, 15) is 4.79 Å². The number of aliphatic hydroxyl groups excluding tert-OH is 2. The Morgan fingerprint density at radius 3 is 2.42 bits per heavy atom. The lowest BCUT2D eigenvalue weighted by molar-refractivity contribution is 0.0684. The van der Waals surface area contributed by atoms with Crippen LogP contribution < -0.4 is 5.32 Å². The number of nitrogens with zero attached hydrogens (tertiary/aromatic N) is 2. The number of anilines is 1. The quantitative estimate of drug-likeness (QED) is 0.653. The van der Waals surface area contributed by atoms with E-state index in [2.05, 4.69) is 10.3 Å². The average Bonchev–Trinajstić information content (AvgIpc) is 2.45. The lowest BCUT2D eigenvalue weighted by Crippen LogP contribution is -2.36. The molecule has 0 spiro atoms. The number of hydrogen-bond acceptors (Lipinski definition) is 5. The summed E-state index contributed by atoms with van der Waals surface area (Å²) in [6, 6.07) is 3.41. The fourth-order valence-electron chi connectivity index (χ4n) is 1.76. The number of pyridine rings is 1. The molecular weight excluding hydrogens is 246 g/mol. The largest absolute Gasteiger partial charge is 0.395 e. The summed E-state index contributed by atoms with van der Waals surface area (Å²) >= 11 is 0. The number of carbonyl (C=O) groups is 1. The van der Waals surface area contributed by atoms with Crippen LogP contribution >= 0.6 is 0 Å². The molecule has 0 radical (unpaired) electrons. The first-order valence-electron chi connectivity index (χ1n) is 6.36. The van der Waals surface area contributed by atoms with E-state index in [4.69, 9.17) is 10.2 Å². The summed E-state index contributed by atoms with van der Waals surface area (Å²) in [4.78, 5) is 18.1. The van der Waals surface area contributed by atoms with Crippen molar-refractivity contribution in [2.45, 2.75) is 13.3 Å². The van der Waals surface area contributed by atoms with Gasteiger partial charge in [-0.25, -0.2) is 4.98 Å². The van der Waals surface area contributed by atoms with Crippen molar-refractivity contribution in [2.75, 3.05) is 38.7 Å². The van der Waals surface area contributed by atoms with Crippen LogP contribution in [0.1, 0.15) is 23.0 Å². The van der Waals surface area contributed by atoms with Gasteiger partial charge in [0.2, 0.25) is 0 Å². The Kier molecular flexibility index (Phi) is 6.24. The first kappa shape index (κ1) is 15.4. The molecule has 0 fully saturated rings. The standard InChI is InChI=1S/C13H21N3O3/c1-3-11-8-10(9-12(14-2)15-11)13(19)16(4-6-17)5-7-18/h8-9,17-18H,3-7H2,1-2H3,(H,14,15). The van der Waals surface area contributed by atoms with Crippen molar-refractivity contribution < 1.29 is 15.0 Å². The molecule has 0 saturated heterocycles. The molecule has 6 nitrogen and oxygen atoms in total. The fraction of sp³-hybridized carbons (Fsp3) is 0.538. The van der Waals surface area contributed by atoms with Crippen LogP contribution in [0.2, 0.25) is 0 Å². The third-order valence-electron chi connectivity index (χ3n) is 2.77. The molecule has 1 amide bonds. The van der Waals surface area contributed by atoms with Crippen molar-refractivity contribution in [2.24, 2.45) is 0 Å². The molecule has 1 rings (SSSR count). The smallest absolute Gasteiger partial charge is 0.254 e. The Labute approximate surface area is 113 Å². The third kappa shape index (κ3) is 4.18. The minimum Gasteiger partial charge on any atom is -0.395 e. The van der Waals surface area contributed by atoms with Crippen LogP contribution in [0.4, 0.5) is 5.82 Å². The molecule has 0 atom stereocenters. The maximum Gasteiger partial charge on any atom is 0.254 e. The molecule has 19 heavy (non-hydrogen) atoms. The van der Waals surface area contributed by atoms with Crippen molar-refractivity contribution in [3.05, 3.63) is 23.4 Å². The van der Waals surface area contributed by atoms with Gasteiger partial charge in [0, 0.05) is 31.4 Å². The van der Waals surface area contributed by atoms with E-state index in [-0.39, 0.29) is 32.2 Å². The molecule has 1 aromatic rings. The molecule has 0 saturated carbocycles. The van der Waals surface area contributed by atoms with Crippen LogP contribution in [0.15, 0.2) is 12.1 Å². The summed E-state index contributed by atoms with van der Waals surface area (Å²) in [7, 11) is 1.75. The van der Waals surface area contributed by atoms with Gasteiger partial charge < -0.3 is 20.4 Å². The van der Waals surface area contributed by atoms with Gasteiger partial charge in [0.25, 0.3) is 5.91 Å². The zero-order valence-corrected chi connectivity index (χ0v) is 11.4. The zero-order chi connectivity index (χ0) is 14.3. The van der Waals surface area contributed by atoms with Gasteiger partial charge in [-0.2, -0.15) is 0 Å². The van der Waals surface area contributed by atoms with Crippen LogP contribution in [0, 0.1) is 0 Å². The van der Waals surface area contributed by atoms with Gasteiger partial charge in [0.05, 0.1) is 13.2 Å². The van der Waals surface area contributed by atoms with E-state index in [1.807, 2.05) is 6.92 Å². The molecule has 106 valence electrons. The predicted octanol–water partition coefficient (Wildman–Crippen LogP) is 0.112. The molecule has 0 unspecified atom stereocenters. The highest BCUT2D eigenvalue weighted by molar-refractivity contribution is 5.95. The van der Waals surface area contributed by atoms with Crippen LogP contribution in [0.3, 0.4) is 0 Å². The Bertz CT molecular complexity index is 395. The van der Waals surface area contributed by atoms with E-state index in [1.54, 1.807) is 19.2 Å². The fourth-order valence-corrected chi connectivity index (χ4v) is 1.76. The molecule has 0 bridgehead atoms. The number of nitrogens with one attached hydrogen (secondary N) is 1. The van der Waals surface area contributed by atoms with E-state index in [1.165, 1.54) is 4.90 Å². The molecule has 0 aliphatic carbocycles. The monoisotopic (exact) mass is 267 g/mol. The number of carbonyl (C=O) groups excluding carboxylic acids is 1. The maximum absolute atomic E-state index is 12.3. The number of amides is 1. The number of aryl methyl sites for hydroxylation is 1. The van der Waals surface area contributed by atoms with E-state index in [0.29, 0.717) is 11.4 Å². The Morgan fingerprint density at radius 2 is 1.95 bits per heavy atom. The summed E-state index contributed by atoms with van der Waals surface area (Å²) < 4.78 is 0. The minimum atomic E-state index is -0.211. The van der Waals surface area contributed by atoms with E-state index < -0.39 is 0 Å². The predicted molar refractivity (Wildman–Crippen MR) is 73.2 cm³/mol. The van der Waals surface area contributed by atoms with Gasteiger partial charge in [-0.3, -0.25) is 4.79 Å². The van der Waals surface area contributed by atoms with Crippen LogP contribution in [0.5, 0.6) is 0 Å². The molecule has 1 heterocycles. The normalized spacial score (nSPS) is 10.3. The first-order valence-corrected chi connectivity index (χ1v) is 6.36. The van der Waals surface area contributed by atoms with Crippen LogP contribution in [0.25, 0.3) is 0 Å². The minimum absolute atomic E-state index is 0.129.